The van der Waals surface area contributed by atoms with Crippen LogP contribution in [-0.4, -0.2) is 37.6 Å². The van der Waals surface area contributed by atoms with E-state index >= 15 is 0 Å². The van der Waals surface area contributed by atoms with Gasteiger partial charge in [-0.1, -0.05) is 26.0 Å². The van der Waals surface area contributed by atoms with E-state index in [2.05, 4.69) is 36.2 Å². The molecule has 3 unspecified atom stereocenters. The summed E-state index contributed by atoms with van der Waals surface area (Å²) in [5.41, 5.74) is 0. The maximum Gasteiger partial charge on any atom is 0.0107 e. The molecule has 0 aromatic rings. The summed E-state index contributed by atoms with van der Waals surface area (Å²) in [7, 11) is 0. The molecule has 0 aromatic carbocycles. The van der Waals surface area contributed by atoms with Crippen LogP contribution in [0.25, 0.3) is 0 Å². The highest BCUT2D eigenvalue weighted by Gasteiger charge is 2.34. The van der Waals surface area contributed by atoms with Crippen LogP contribution in [0, 0.1) is 17.8 Å². The van der Waals surface area contributed by atoms with Crippen molar-refractivity contribution in [3.8, 4) is 0 Å². The summed E-state index contributed by atoms with van der Waals surface area (Å²) in [4.78, 5) is 2.54. The largest absolute Gasteiger partial charge is 0.315 e. The Labute approximate surface area is 106 Å². The molecule has 2 nitrogen and oxygen atoms in total. The van der Waals surface area contributed by atoms with Crippen molar-refractivity contribution in [2.24, 2.45) is 17.8 Å². The van der Waals surface area contributed by atoms with Gasteiger partial charge in [-0.05, 0) is 56.7 Å². The van der Waals surface area contributed by atoms with Crippen LogP contribution in [0.3, 0.4) is 0 Å². The first-order valence-electron chi connectivity index (χ1n) is 7.44. The van der Waals surface area contributed by atoms with Crippen molar-refractivity contribution in [2.45, 2.75) is 33.1 Å². The first-order valence-corrected chi connectivity index (χ1v) is 7.44. The number of fused-ring (bicyclic) bond motifs is 2. The Morgan fingerprint density at radius 1 is 1.18 bits per heavy atom. The van der Waals surface area contributed by atoms with E-state index in [4.69, 9.17) is 0 Å². The molecule has 0 aliphatic heterocycles. The maximum absolute atomic E-state index is 3.66. The number of hydrogen-bond donors (Lipinski definition) is 1. The van der Waals surface area contributed by atoms with Gasteiger partial charge in [0.1, 0.15) is 0 Å². The summed E-state index contributed by atoms with van der Waals surface area (Å²) < 4.78 is 0. The molecule has 17 heavy (non-hydrogen) atoms. The molecule has 0 aromatic heterocycles. The van der Waals surface area contributed by atoms with Gasteiger partial charge in [-0.3, -0.25) is 0 Å². The zero-order chi connectivity index (χ0) is 12.1. The van der Waals surface area contributed by atoms with Gasteiger partial charge in [0.05, 0.1) is 0 Å². The van der Waals surface area contributed by atoms with E-state index < -0.39 is 0 Å². The van der Waals surface area contributed by atoms with E-state index in [1.54, 1.807) is 0 Å². The Bertz CT molecular complexity index is 249. The molecule has 3 atom stereocenters. The highest BCUT2D eigenvalue weighted by atomic mass is 15.1. The standard InChI is InChI=1S/C15H28N2/c1-3-8-17(4-2)9-7-16-12-15-11-13-5-6-14(15)10-13/h5-6,13-16H,3-4,7-12H2,1-2H3. The first kappa shape index (κ1) is 13.1. The molecule has 1 N–H and O–H groups in total. The molecule has 0 radical (unpaired) electrons. The number of hydrogen-bond acceptors (Lipinski definition) is 2. The van der Waals surface area contributed by atoms with Crippen molar-refractivity contribution < 1.29 is 0 Å². The maximum atomic E-state index is 3.66. The van der Waals surface area contributed by atoms with E-state index in [1.165, 1.54) is 45.4 Å². The van der Waals surface area contributed by atoms with Crippen LogP contribution in [0.4, 0.5) is 0 Å². The molecule has 1 fully saturated rings. The predicted molar refractivity (Wildman–Crippen MR) is 74.1 cm³/mol. The number of allylic oxidation sites excluding steroid dienone is 2. The second-order valence-electron chi connectivity index (χ2n) is 5.68. The van der Waals surface area contributed by atoms with Gasteiger partial charge in [0.25, 0.3) is 0 Å². The summed E-state index contributed by atoms with van der Waals surface area (Å²) in [5.74, 6) is 2.73. The van der Waals surface area contributed by atoms with Gasteiger partial charge in [0.15, 0.2) is 0 Å². The average Bonchev–Trinajstić information content (AvgIpc) is 2.95. The topological polar surface area (TPSA) is 15.3 Å². The Balaban J connectivity index is 1.56. The number of nitrogens with one attached hydrogen (secondary N) is 1. The molecule has 0 spiro atoms. The molecule has 2 bridgehead atoms. The monoisotopic (exact) mass is 236 g/mol. The normalized spacial score (nSPS) is 30.6. The predicted octanol–water partition coefficient (Wildman–Crippen LogP) is 2.52. The van der Waals surface area contributed by atoms with E-state index in [9.17, 15) is 0 Å². The van der Waals surface area contributed by atoms with Crippen molar-refractivity contribution >= 4 is 0 Å². The molecule has 2 rings (SSSR count). The van der Waals surface area contributed by atoms with Crippen molar-refractivity contribution in [2.75, 3.05) is 32.7 Å². The Hall–Kier alpha value is -0.340. The third-order valence-electron chi connectivity index (χ3n) is 4.41. The second kappa shape index (κ2) is 6.55. The quantitative estimate of drug-likeness (QED) is 0.514. The summed E-state index contributed by atoms with van der Waals surface area (Å²) in [5, 5.41) is 3.66. The van der Waals surface area contributed by atoms with Gasteiger partial charge in [-0.15, -0.1) is 0 Å². The zero-order valence-corrected chi connectivity index (χ0v) is 11.5. The van der Waals surface area contributed by atoms with E-state index in [0.29, 0.717) is 0 Å². The summed E-state index contributed by atoms with van der Waals surface area (Å²) in [6, 6.07) is 0. The SMILES string of the molecule is CCCN(CC)CCNCC1CC2C=CC1C2. The van der Waals surface area contributed by atoms with Crippen LogP contribution in [0.2, 0.25) is 0 Å². The van der Waals surface area contributed by atoms with Crippen LogP contribution in [0.5, 0.6) is 0 Å². The zero-order valence-electron chi connectivity index (χ0n) is 11.5. The fourth-order valence-corrected chi connectivity index (χ4v) is 3.40. The van der Waals surface area contributed by atoms with Gasteiger partial charge in [0.2, 0.25) is 0 Å². The lowest BCUT2D eigenvalue weighted by molar-refractivity contribution is 0.282. The van der Waals surface area contributed by atoms with Gasteiger partial charge in [0, 0.05) is 13.1 Å². The Morgan fingerprint density at radius 2 is 2.06 bits per heavy atom. The minimum absolute atomic E-state index is 0.894. The molecule has 2 aliphatic rings. The third-order valence-corrected chi connectivity index (χ3v) is 4.41. The highest BCUT2D eigenvalue weighted by molar-refractivity contribution is 5.10. The van der Waals surface area contributed by atoms with Crippen molar-refractivity contribution in [3.63, 3.8) is 0 Å². The molecular formula is C15H28N2. The third kappa shape index (κ3) is 3.56. The van der Waals surface area contributed by atoms with E-state index in [1.807, 2.05) is 0 Å². The summed E-state index contributed by atoms with van der Waals surface area (Å²) >= 11 is 0. The fraction of sp³-hybridized carbons (Fsp3) is 0.867. The molecular weight excluding hydrogens is 208 g/mol. The van der Waals surface area contributed by atoms with Crippen LogP contribution in [0.1, 0.15) is 33.1 Å². The Kier molecular flexibility index (Phi) is 5.05. The molecule has 98 valence electrons. The van der Waals surface area contributed by atoms with Crippen molar-refractivity contribution in [3.05, 3.63) is 12.2 Å². The van der Waals surface area contributed by atoms with Crippen LogP contribution in [0.15, 0.2) is 12.2 Å². The lowest BCUT2D eigenvalue weighted by Gasteiger charge is -2.22. The Morgan fingerprint density at radius 3 is 2.65 bits per heavy atom. The first-order chi connectivity index (χ1) is 8.33. The number of nitrogens with zero attached hydrogens (tertiary/aromatic N) is 1. The second-order valence-corrected chi connectivity index (χ2v) is 5.68. The minimum atomic E-state index is 0.894. The van der Waals surface area contributed by atoms with Gasteiger partial charge >= 0.3 is 0 Å². The van der Waals surface area contributed by atoms with Crippen molar-refractivity contribution in [1.29, 1.82) is 0 Å². The molecule has 2 aliphatic carbocycles. The molecule has 1 saturated carbocycles. The van der Waals surface area contributed by atoms with E-state index in [0.717, 1.165) is 24.3 Å². The van der Waals surface area contributed by atoms with Gasteiger partial charge < -0.3 is 10.2 Å². The number of likely N-dealkylation sites (N-methyl/N-ethyl adjacent to an activating group) is 1. The van der Waals surface area contributed by atoms with Crippen molar-refractivity contribution in [1.82, 2.24) is 10.2 Å². The van der Waals surface area contributed by atoms with Crippen LogP contribution in [-0.2, 0) is 0 Å². The fourth-order valence-electron chi connectivity index (χ4n) is 3.40. The number of rotatable bonds is 8. The lowest BCUT2D eigenvalue weighted by atomic mass is 9.94. The van der Waals surface area contributed by atoms with Gasteiger partial charge in [-0.2, -0.15) is 0 Å². The molecule has 2 heteroatoms. The molecule has 0 saturated heterocycles. The minimum Gasteiger partial charge on any atom is -0.315 e. The van der Waals surface area contributed by atoms with Crippen LogP contribution < -0.4 is 5.32 Å². The summed E-state index contributed by atoms with van der Waals surface area (Å²) in [6.07, 6.45) is 9.02. The average molecular weight is 236 g/mol. The van der Waals surface area contributed by atoms with Crippen LogP contribution >= 0.6 is 0 Å². The summed E-state index contributed by atoms with van der Waals surface area (Å²) in [6.45, 7) is 10.6. The van der Waals surface area contributed by atoms with E-state index in [-0.39, 0.29) is 0 Å². The molecule has 0 heterocycles. The smallest absolute Gasteiger partial charge is 0.0107 e. The highest BCUT2D eigenvalue weighted by Crippen LogP contribution is 2.42. The van der Waals surface area contributed by atoms with Gasteiger partial charge in [-0.25, -0.2) is 0 Å². The molecule has 0 amide bonds. The lowest BCUT2D eigenvalue weighted by Crippen LogP contribution is -2.35.